The van der Waals surface area contributed by atoms with Crippen molar-refractivity contribution in [1.29, 1.82) is 0 Å². The predicted octanol–water partition coefficient (Wildman–Crippen LogP) is 3.99. The molecule has 2 saturated heterocycles. The second-order valence-electron chi connectivity index (χ2n) is 10.1. The first-order valence-electron chi connectivity index (χ1n) is 13.2. The van der Waals surface area contributed by atoms with Gasteiger partial charge in [0, 0.05) is 61.4 Å². The number of halogens is 5. The molecule has 2 aromatic rings. The van der Waals surface area contributed by atoms with Gasteiger partial charge in [0.2, 0.25) is 5.91 Å². The first kappa shape index (κ1) is 31.6. The van der Waals surface area contributed by atoms with E-state index in [1.807, 2.05) is 4.90 Å². The summed E-state index contributed by atoms with van der Waals surface area (Å²) in [4.78, 5) is 29.1. The van der Waals surface area contributed by atoms with Gasteiger partial charge < -0.3 is 15.5 Å². The molecule has 4 rings (SSSR count). The highest BCUT2D eigenvalue weighted by atomic mass is 35.5. The molecule has 0 aliphatic carbocycles. The van der Waals surface area contributed by atoms with Gasteiger partial charge in [-0.3, -0.25) is 14.5 Å². The maximum atomic E-state index is 14.1. The lowest BCUT2D eigenvalue weighted by atomic mass is 10.0. The molecule has 2 aliphatic heterocycles. The number of nitrogens with one attached hydrogen (secondary N) is 2. The molecule has 2 amide bonds. The largest absolute Gasteiger partial charge is 0.416 e. The van der Waals surface area contributed by atoms with E-state index < -0.39 is 27.5 Å². The third-order valence-electron chi connectivity index (χ3n) is 7.42. The van der Waals surface area contributed by atoms with Crippen LogP contribution in [0.1, 0.15) is 40.4 Å². The van der Waals surface area contributed by atoms with Crippen LogP contribution in [-0.4, -0.2) is 75.1 Å². The number of sulfone groups is 1. The first-order chi connectivity index (χ1) is 19.3. The maximum absolute atomic E-state index is 14.1. The normalized spacial score (nSPS) is 18.5. The van der Waals surface area contributed by atoms with Gasteiger partial charge in [-0.2, -0.15) is 13.2 Å². The molecular weight excluding hydrogens is 604 g/mol. The SMILES string of the molecule is CCS(=O)(=O)c1ccc(Cl)cc1CNC(=O)c1cc(Cl)c(CN2CCN(C(=O)[C@@H]3CCNC3)CC2)c(C(F)(F)F)c1. The van der Waals surface area contributed by atoms with E-state index in [4.69, 9.17) is 23.2 Å². The number of hydrogen-bond donors (Lipinski definition) is 2. The lowest BCUT2D eigenvalue weighted by Crippen LogP contribution is -2.50. The highest BCUT2D eigenvalue weighted by molar-refractivity contribution is 7.91. The van der Waals surface area contributed by atoms with Gasteiger partial charge in [0.25, 0.3) is 5.91 Å². The van der Waals surface area contributed by atoms with Crippen molar-refractivity contribution in [3.05, 3.63) is 62.6 Å². The molecule has 2 aromatic carbocycles. The van der Waals surface area contributed by atoms with Crippen molar-refractivity contribution < 1.29 is 31.2 Å². The van der Waals surface area contributed by atoms with E-state index in [1.54, 1.807) is 4.90 Å². The number of hydrogen-bond acceptors (Lipinski definition) is 6. The van der Waals surface area contributed by atoms with Crippen molar-refractivity contribution >= 4 is 44.9 Å². The molecule has 2 heterocycles. The van der Waals surface area contributed by atoms with Gasteiger partial charge in [-0.05, 0) is 54.4 Å². The maximum Gasteiger partial charge on any atom is 0.416 e. The molecule has 0 aromatic heterocycles. The Bertz CT molecular complexity index is 1410. The summed E-state index contributed by atoms with van der Waals surface area (Å²) in [6.07, 6.45) is -4.00. The highest BCUT2D eigenvalue weighted by Crippen LogP contribution is 2.37. The van der Waals surface area contributed by atoms with Crippen LogP contribution in [0.3, 0.4) is 0 Å². The van der Waals surface area contributed by atoms with Crippen LogP contribution >= 0.6 is 23.2 Å². The van der Waals surface area contributed by atoms with Crippen LogP contribution in [0.2, 0.25) is 10.0 Å². The molecule has 0 spiro atoms. The fraction of sp³-hybridized carbons (Fsp3) is 0.481. The summed E-state index contributed by atoms with van der Waals surface area (Å²) in [7, 11) is -3.63. The van der Waals surface area contributed by atoms with Crippen molar-refractivity contribution in [1.82, 2.24) is 20.4 Å². The van der Waals surface area contributed by atoms with Crippen LogP contribution in [-0.2, 0) is 33.9 Å². The van der Waals surface area contributed by atoms with E-state index >= 15 is 0 Å². The second kappa shape index (κ2) is 12.9. The zero-order valence-corrected chi connectivity index (χ0v) is 24.7. The fourth-order valence-corrected chi connectivity index (χ4v) is 6.67. The van der Waals surface area contributed by atoms with Gasteiger partial charge in [-0.1, -0.05) is 30.1 Å². The van der Waals surface area contributed by atoms with Crippen LogP contribution < -0.4 is 10.6 Å². The summed E-state index contributed by atoms with van der Waals surface area (Å²) < 4.78 is 67.3. The number of carbonyl (C=O) groups excluding carboxylic acids is 2. The van der Waals surface area contributed by atoms with Crippen LogP contribution in [0.25, 0.3) is 0 Å². The standard InChI is InChI=1S/C27H31Cl2F3N4O4S/c1-2-41(39,40)24-4-3-20(28)11-19(24)15-34-25(37)18-12-22(27(30,31)32)21(23(29)13-18)16-35-7-9-36(10-8-35)26(38)17-5-6-33-14-17/h3-4,11-13,17,33H,2,5-10,14-16H2,1H3,(H,34,37)/t17-/m1/s1. The lowest BCUT2D eigenvalue weighted by Gasteiger charge is -2.36. The Morgan fingerprint density at radius 3 is 2.41 bits per heavy atom. The number of rotatable bonds is 8. The van der Waals surface area contributed by atoms with E-state index in [9.17, 15) is 31.2 Å². The number of carbonyl (C=O) groups is 2. The molecular formula is C27H31Cl2F3N4O4S. The average Bonchev–Trinajstić information content (AvgIpc) is 3.47. The summed E-state index contributed by atoms with van der Waals surface area (Å²) in [6, 6.07) is 6.06. The third-order valence-corrected chi connectivity index (χ3v) is 9.82. The summed E-state index contributed by atoms with van der Waals surface area (Å²) in [5, 5.41) is 5.69. The van der Waals surface area contributed by atoms with E-state index in [-0.39, 0.29) is 62.3 Å². The molecule has 2 fully saturated rings. The number of alkyl halides is 3. The van der Waals surface area contributed by atoms with Gasteiger partial charge in [-0.15, -0.1) is 0 Å². The minimum absolute atomic E-state index is 0.0178. The fourth-order valence-electron chi connectivity index (χ4n) is 5.08. The molecule has 2 aliphatic rings. The van der Waals surface area contributed by atoms with Crippen molar-refractivity contribution in [2.75, 3.05) is 45.0 Å². The molecule has 0 unspecified atom stereocenters. The van der Waals surface area contributed by atoms with Gasteiger partial charge in [0.1, 0.15) is 0 Å². The lowest BCUT2D eigenvalue weighted by molar-refractivity contribution is -0.138. The molecule has 0 bridgehead atoms. The van der Waals surface area contributed by atoms with Crippen LogP contribution in [0, 0.1) is 5.92 Å². The van der Waals surface area contributed by atoms with Crippen LogP contribution in [0.15, 0.2) is 35.2 Å². The Balaban J connectivity index is 1.48. The van der Waals surface area contributed by atoms with Gasteiger partial charge in [-0.25, -0.2) is 8.42 Å². The predicted molar refractivity (Wildman–Crippen MR) is 150 cm³/mol. The van der Waals surface area contributed by atoms with Gasteiger partial charge in [0.05, 0.1) is 22.1 Å². The Morgan fingerprint density at radius 1 is 1.10 bits per heavy atom. The summed E-state index contributed by atoms with van der Waals surface area (Å²) >= 11 is 12.3. The molecule has 8 nitrogen and oxygen atoms in total. The first-order valence-corrected chi connectivity index (χ1v) is 15.6. The minimum atomic E-state index is -4.78. The molecule has 14 heteroatoms. The Labute approximate surface area is 247 Å². The Morgan fingerprint density at radius 2 is 1.80 bits per heavy atom. The molecule has 0 saturated carbocycles. The quantitative estimate of drug-likeness (QED) is 0.456. The van der Waals surface area contributed by atoms with Crippen molar-refractivity contribution in [2.45, 2.75) is 37.5 Å². The monoisotopic (exact) mass is 634 g/mol. The zero-order chi connectivity index (χ0) is 29.9. The van der Waals surface area contributed by atoms with Crippen molar-refractivity contribution in [3.63, 3.8) is 0 Å². The van der Waals surface area contributed by atoms with Crippen molar-refractivity contribution in [3.8, 4) is 0 Å². The molecule has 0 radical (unpaired) electrons. The van der Waals surface area contributed by atoms with Crippen molar-refractivity contribution in [2.24, 2.45) is 5.92 Å². The number of nitrogens with zero attached hydrogens (tertiary/aromatic N) is 2. The van der Waals surface area contributed by atoms with Gasteiger partial charge >= 0.3 is 6.18 Å². The third kappa shape index (κ3) is 7.53. The van der Waals surface area contributed by atoms with E-state index in [2.05, 4.69) is 10.6 Å². The molecule has 41 heavy (non-hydrogen) atoms. The molecule has 2 N–H and O–H groups in total. The van der Waals surface area contributed by atoms with Gasteiger partial charge in [0.15, 0.2) is 9.84 Å². The number of piperazine rings is 1. The van der Waals surface area contributed by atoms with E-state index in [0.717, 1.165) is 19.0 Å². The Hall–Kier alpha value is -2.38. The molecule has 1 atom stereocenters. The highest BCUT2D eigenvalue weighted by Gasteiger charge is 2.37. The summed E-state index contributed by atoms with van der Waals surface area (Å²) in [5.41, 5.74) is -1.27. The number of amides is 2. The smallest absolute Gasteiger partial charge is 0.348 e. The average molecular weight is 636 g/mol. The topological polar surface area (TPSA) is 98.8 Å². The summed E-state index contributed by atoms with van der Waals surface area (Å²) in [5.74, 6) is -1.02. The minimum Gasteiger partial charge on any atom is -0.348 e. The van der Waals surface area contributed by atoms with Crippen LogP contribution in [0.5, 0.6) is 0 Å². The van der Waals surface area contributed by atoms with Crippen LogP contribution in [0.4, 0.5) is 13.2 Å². The number of benzene rings is 2. The second-order valence-corrected chi connectivity index (χ2v) is 13.2. The molecule has 224 valence electrons. The zero-order valence-electron chi connectivity index (χ0n) is 22.4. The summed E-state index contributed by atoms with van der Waals surface area (Å²) in [6.45, 7) is 4.16. The van der Waals surface area contributed by atoms with E-state index in [0.29, 0.717) is 32.7 Å². The Kier molecular flexibility index (Phi) is 9.90. The van der Waals surface area contributed by atoms with E-state index in [1.165, 1.54) is 31.2 Å².